The van der Waals surface area contributed by atoms with E-state index in [1.54, 1.807) is 31.1 Å². The van der Waals surface area contributed by atoms with Crippen LogP contribution in [-0.2, 0) is 12.8 Å². The highest BCUT2D eigenvalue weighted by Gasteiger charge is 2.20. The van der Waals surface area contributed by atoms with E-state index < -0.39 is 4.92 Å². The highest BCUT2D eigenvalue weighted by atomic mass is 16.6. The van der Waals surface area contributed by atoms with Crippen LogP contribution < -0.4 is 10.2 Å². The van der Waals surface area contributed by atoms with E-state index in [2.05, 4.69) is 11.4 Å². The molecule has 0 aliphatic heterocycles. The largest absolute Gasteiger partial charge is 0.372 e. The predicted molar refractivity (Wildman–Crippen MR) is 98.5 cm³/mol. The van der Waals surface area contributed by atoms with Gasteiger partial charge in [-0.25, -0.2) is 0 Å². The van der Waals surface area contributed by atoms with Crippen LogP contribution in [0.4, 0.5) is 17.1 Å². The summed E-state index contributed by atoms with van der Waals surface area (Å²) < 4.78 is 0. The van der Waals surface area contributed by atoms with E-state index in [9.17, 15) is 14.9 Å². The SMILES string of the molecule is CN(C)c1ccc(C(=O)Nc2cccc3c2CCCC3)cc1[N+](=O)[O-]. The van der Waals surface area contributed by atoms with Gasteiger partial charge in [0.1, 0.15) is 5.69 Å². The first-order valence-electron chi connectivity index (χ1n) is 8.35. The Balaban J connectivity index is 1.90. The number of carbonyl (C=O) groups is 1. The molecule has 1 aliphatic rings. The Morgan fingerprint density at radius 1 is 1.16 bits per heavy atom. The molecule has 1 amide bonds. The molecule has 2 aromatic rings. The van der Waals surface area contributed by atoms with E-state index in [1.807, 2.05) is 12.1 Å². The maximum Gasteiger partial charge on any atom is 0.293 e. The summed E-state index contributed by atoms with van der Waals surface area (Å²) in [5.74, 6) is -0.327. The minimum absolute atomic E-state index is 0.0762. The first-order valence-corrected chi connectivity index (χ1v) is 8.35. The van der Waals surface area contributed by atoms with Crippen molar-refractivity contribution in [1.29, 1.82) is 0 Å². The van der Waals surface area contributed by atoms with Crippen LogP contribution >= 0.6 is 0 Å². The molecule has 3 rings (SSSR count). The van der Waals surface area contributed by atoms with Gasteiger partial charge in [-0.05, 0) is 55.0 Å². The summed E-state index contributed by atoms with van der Waals surface area (Å²) in [5, 5.41) is 14.2. The molecule has 0 aromatic heterocycles. The standard InChI is InChI=1S/C19H21N3O3/c1-21(2)17-11-10-14(12-18(17)22(24)25)19(23)20-16-9-5-7-13-6-3-4-8-15(13)16/h5,7,9-12H,3-4,6,8H2,1-2H3,(H,20,23). The monoisotopic (exact) mass is 339 g/mol. The Labute approximate surface area is 146 Å². The molecule has 0 saturated carbocycles. The van der Waals surface area contributed by atoms with Gasteiger partial charge in [0, 0.05) is 31.4 Å². The number of nitro benzene ring substituents is 1. The third kappa shape index (κ3) is 3.47. The third-order valence-electron chi connectivity index (χ3n) is 4.56. The number of hydrogen-bond donors (Lipinski definition) is 1. The number of aryl methyl sites for hydroxylation is 1. The number of nitrogens with zero attached hydrogens (tertiary/aromatic N) is 2. The van der Waals surface area contributed by atoms with E-state index in [-0.39, 0.29) is 17.2 Å². The van der Waals surface area contributed by atoms with E-state index >= 15 is 0 Å². The minimum atomic E-state index is -0.462. The number of rotatable bonds is 4. The van der Waals surface area contributed by atoms with Gasteiger partial charge in [0.15, 0.2) is 0 Å². The summed E-state index contributed by atoms with van der Waals surface area (Å²) >= 11 is 0. The van der Waals surface area contributed by atoms with Gasteiger partial charge >= 0.3 is 0 Å². The number of benzene rings is 2. The molecule has 0 fully saturated rings. The van der Waals surface area contributed by atoms with Crippen molar-refractivity contribution in [3.8, 4) is 0 Å². The maximum atomic E-state index is 12.6. The van der Waals surface area contributed by atoms with Crippen molar-refractivity contribution in [2.45, 2.75) is 25.7 Å². The average molecular weight is 339 g/mol. The molecule has 0 saturated heterocycles. The molecule has 25 heavy (non-hydrogen) atoms. The van der Waals surface area contributed by atoms with Gasteiger partial charge in [0.05, 0.1) is 4.92 Å². The lowest BCUT2D eigenvalue weighted by Crippen LogP contribution is -2.17. The number of fused-ring (bicyclic) bond motifs is 1. The van der Waals surface area contributed by atoms with Crippen molar-refractivity contribution in [2.24, 2.45) is 0 Å². The molecule has 0 unspecified atom stereocenters. The zero-order chi connectivity index (χ0) is 18.0. The van der Waals surface area contributed by atoms with Gasteiger partial charge in [-0.2, -0.15) is 0 Å². The third-order valence-corrected chi connectivity index (χ3v) is 4.56. The first kappa shape index (κ1) is 17.0. The summed E-state index contributed by atoms with van der Waals surface area (Å²) in [4.78, 5) is 25.1. The minimum Gasteiger partial charge on any atom is -0.372 e. The van der Waals surface area contributed by atoms with Gasteiger partial charge in [0.2, 0.25) is 0 Å². The molecule has 0 heterocycles. The van der Waals surface area contributed by atoms with Crippen LogP contribution in [-0.4, -0.2) is 24.9 Å². The van der Waals surface area contributed by atoms with Gasteiger partial charge in [-0.3, -0.25) is 14.9 Å². The summed E-state index contributed by atoms with van der Waals surface area (Å²) in [6.45, 7) is 0. The molecule has 1 aliphatic carbocycles. The Morgan fingerprint density at radius 2 is 1.92 bits per heavy atom. The highest BCUT2D eigenvalue weighted by molar-refractivity contribution is 6.05. The van der Waals surface area contributed by atoms with Crippen molar-refractivity contribution in [3.05, 3.63) is 63.2 Å². The smallest absolute Gasteiger partial charge is 0.293 e. The van der Waals surface area contributed by atoms with Gasteiger partial charge in [0.25, 0.3) is 11.6 Å². The predicted octanol–water partition coefficient (Wildman–Crippen LogP) is 3.79. The zero-order valence-corrected chi connectivity index (χ0v) is 14.4. The second kappa shape index (κ2) is 6.93. The molecular formula is C19H21N3O3. The van der Waals surface area contributed by atoms with Crippen LogP contribution in [0, 0.1) is 10.1 Å². The lowest BCUT2D eigenvalue weighted by Gasteiger charge is -2.19. The molecule has 2 aromatic carbocycles. The van der Waals surface area contributed by atoms with Crippen molar-refractivity contribution < 1.29 is 9.72 Å². The second-order valence-corrected chi connectivity index (χ2v) is 6.46. The Hall–Kier alpha value is -2.89. The summed E-state index contributed by atoms with van der Waals surface area (Å²) in [7, 11) is 3.47. The van der Waals surface area contributed by atoms with Crippen LogP contribution in [0.3, 0.4) is 0 Å². The fraction of sp³-hybridized carbons (Fsp3) is 0.316. The van der Waals surface area contributed by atoms with Crippen LogP contribution in [0.15, 0.2) is 36.4 Å². The molecular weight excluding hydrogens is 318 g/mol. The highest BCUT2D eigenvalue weighted by Crippen LogP contribution is 2.30. The molecule has 0 atom stereocenters. The van der Waals surface area contributed by atoms with Crippen LogP contribution in [0.1, 0.15) is 34.3 Å². The molecule has 6 nitrogen and oxygen atoms in total. The maximum absolute atomic E-state index is 12.6. The summed E-state index contributed by atoms with van der Waals surface area (Å²) in [5.41, 5.74) is 3.94. The van der Waals surface area contributed by atoms with Crippen molar-refractivity contribution in [1.82, 2.24) is 0 Å². The Kier molecular flexibility index (Phi) is 4.70. The number of carbonyl (C=O) groups excluding carboxylic acids is 1. The summed E-state index contributed by atoms with van der Waals surface area (Å²) in [6.07, 6.45) is 4.26. The number of nitro groups is 1. The quantitative estimate of drug-likeness (QED) is 0.679. The van der Waals surface area contributed by atoms with E-state index in [0.717, 1.165) is 24.9 Å². The van der Waals surface area contributed by atoms with Crippen LogP contribution in [0.2, 0.25) is 0 Å². The van der Waals surface area contributed by atoms with Gasteiger partial charge in [-0.1, -0.05) is 12.1 Å². The average Bonchev–Trinajstić information content (AvgIpc) is 2.61. The molecule has 0 spiro atoms. The Bertz CT molecular complexity index is 831. The molecule has 1 N–H and O–H groups in total. The summed E-state index contributed by atoms with van der Waals surface area (Å²) in [6, 6.07) is 10.5. The molecule has 6 heteroatoms. The second-order valence-electron chi connectivity index (χ2n) is 6.46. The number of anilines is 2. The lowest BCUT2D eigenvalue weighted by molar-refractivity contribution is -0.384. The van der Waals surface area contributed by atoms with E-state index in [4.69, 9.17) is 0 Å². The van der Waals surface area contributed by atoms with Crippen molar-refractivity contribution >= 4 is 23.0 Å². The van der Waals surface area contributed by atoms with Crippen molar-refractivity contribution in [2.75, 3.05) is 24.3 Å². The molecule has 130 valence electrons. The fourth-order valence-corrected chi connectivity index (χ4v) is 3.28. The van der Waals surface area contributed by atoms with E-state index in [0.29, 0.717) is 5.69 Å². The first-order chi connectivity index (χ1) is 12.0. The Morgan fingerprint density at radius 3 is 2.64 bits per heavy atom. The number of hydrogen-bond acceptors (Lipinski definition) is 4. The number of amides is 1. The zero-order valence-electron chi connectivity index (χ0n) is 14.4. The van der Waals surface area contributed by atoms with Crippen molar-refractivity contribution in [3.63, 3.8) is 0 Å². The molecule has 0 bridgehead atoms. The van der Waals surface area contributed by atoms with E-state index in [1.165, 1.54) is 23.6 Å². The topological polar surface area (TPSA) is 75.5 Å². The number of nitrogens with one attached hydrogen (secondary N) is 1. The fourth-order valence-electron chi connectivity index (χ4n) is 3.28. The molecule has 0 radical (unpaired) electrons. The normalized spacial score (nSPS) is 13.0. The van der Waals surface area contributed by atoms with Gasteiger partial charge in [-0.15, -0.1) is 0 Å². The van der Waals surface area contributed by atoms with Crippen LogP contribution in [0.5, 0.6) is 0 Å². The lowest BCUT2D eigenvalue weighted by atomic mass is 9.90. The van der Waals surface area contributed by atoms with Gasteiger partial charge < -0.3 is 10.2 Å². The van der Waals surface area contributed by atoms with Crippen LogP contribution in [0.25, 0.3) is 0 Å².